The lowest BCUT2D eigenvalue weighted by atomic mass is 9.81. The van der Waals surface area contributed by atoms with Crippen molar-refractivity contribution in [1.82, 2.24) is 15.0 Å². The average molecular weight is 592 g/mol. The van der Waals surface area contributed by atoms with Crippen LogP contribution in [0.15, 0.2) is 76.6 Å². The number of thiazole rings is 1. The number of rotatable bonds is 7. The van der Waals surface area contributed by atoms with Gasteiger partial charge in [-0.05, 0) is 62.6 Å². The zero-order chi connectivity index (χ0) is 28.5. The van der Waals surface area contributed by atoms with Crippen molar-refractivity contribution >= 4 is 38.8 Å². The fourth-order valence-electron chi connectivity index (χ4n) is 5.12. The molecule has 1 aliphatic carbocycles. The molecular weight excluding hydrogens is 562 g/mol. The summed E-state index contributed by atoms with van der Waals surface area (Å²) in [6.45, 7) is 3.80. The molecule has 1 atom stereocenters. The van der Waals surface area contributed by atoms with E-state index in [1.165, 1.54) is 6.20 Å². The van der Waals surface area contributed by atoms with Gasteiger partial charge in [0.1, 0.15) is 16.3 Å². The van der Waals surface area contributed by atoms with Crippen molar-refractivity contribution in [3.05, 3.63) is 77.9 Å². The van der Waals surface area contributed by atoms with Crippen LogP contribution in [-0.4, -0.2) is 55.3 Å². The second kappa shape index (κ2) is 11.2. The molecule has 1 N–H and O–H groups in total. The summed E-state index contributed by atoms with van der Waals surface area (Å²) in [5, 5.41) is 4.40. The number of sulfone groups is 1. The van der Waals surface area contributed by atoms with E-state index in [9.17, 15) is 13.2 Å². The summed E-state index contributed by atoms with van der Waals surface area (Å²) in [5.74, 6) is 1.51. The highest BCUT2D eigenvalue weighted by Gasteiger charge is 2.53. The van der Waals surface area contributed by atoms with E-state index in [2.05, 4.69) is 22.1 Å². The summed E-state index contributed by atoms with van der Waals surface area (Å²) >= 11 is 1.13. The molecule has 1 saturated carbocycles. The Bertz CT molecular complexity index is 1630. The predicted molar refractivity (Wildman–Crippen MR) is 156 cm³/mol. The lowest BCUT2D eigenvalue weighted by Gasteiger charge is -2.40. The summed E-state index contributed by atoms with van der Waals surface area (Å²) in [6.07, 6.45) is 2.63. The monoisotopic (exact) mass is 591 g/mol. The van der Waals surface area contributed by atoms with Crippen LogP contribution in [0.25, 0.3) is 11.4 Å². The van der Waals surface area contributed by atoms with Crippen LogP contribution in [0.2, 0.25) is 0 Å². The zero-order valence-electron chi connectivity index (χ0n) is 22.4. The number of para-hydroxylation sites is 1. The van der Waals surface area contributed by atoms with E-state index in [0.29, 0.717) is 66.9 Å². The molecule has 0 spiro atoms. The van der Waals surface area contributed by atoms with E-state index in [-0.39, 0.29) is 10.4 Å². The number of ether oxygens (including phenoxy) is 2. The molecule has 2 aromatic carbocycles. The Labute approximate surface area is 242 Å². The molecule has 2 aromatic heterocycles. The van der Waals surface area contributed by atoms with Crippen LogP contribution in [0.4, 0.5) is 16.3 Å². The standard InChI is InChI=1S/C29H29N5O5S2/c1-20-19-38-16-15-34(20)25-18-24(29(12-5-13-29)41(36,37)28-30-14-17-40-28)32-26(33-25)21-8-10-22(11-9-21)31-27(35)39-23-6-3-2-4-7-23/h2-4,6-11,14,17-18,20H,5,12-13,15-16,19H2,1H3,(H,31,35)/t20-/m0/s1. The summed E-state index contributed by atoms with van der Waals surface area (Å²) in [7, 11) is -3.77. The van der Waals surface area contributed by atoms with Crippen LogP contribution in [0.1, 0.15) is 31.9 Å². The fourth-order valence-corrected chi connectivity index (χ4v) is 8.38. The molecule has 1 amide bonds. The first-order valence-electron chi connectivity index (χ1n) is 13.4. The molecule has 12 heteroatoms. The maximum atomic E-state index is 13.9. The Kier molecular flexibility index (Phi) is 7.45. The quantitative estimate of drug-likeness (QED) is 0.305. The number of aromatic nitrogens is 3. The van der Waals surface area contributed by atoms with Gasteiger partial charge in [0.05, 0.1) is 24.9 Å². The smallest absolute Gasteiger partial charge is 0.410 e. The van der Waals surface area contributed by atoms with Gasteiger partial charge in [-0.3, -0.25) is 5.32 Å². The maximum Gasteiger partial charge on any atom is 0.417 e. The van der Waals surface area contributed by atoms with Crippen LogP contribution < -0.4 is 15.0 Å². The Balaban J connectivity index is 1.34. The van der Waals surface area contributed by atoms with Gasteiger partial charge in [-0.2, -0.15) is 0 Å². The van der Waals surface area contributed by atoms with Crippen LogP contribution in [0.3, 0.4) is 0 Å². The third kappa shape index (κ3) is 5.30. The number of hydrogen-bond donors (Lipinski definition) is 1. The molecular formula is C29H29N5O5S2. The average Bonchev–Trinajstić information content (AvgIpc) is 3.50. The molecule has 1 saturated heterocycles. The van der Waals surface area contributed by atoms with Gasteiger partial charge in [-0.1, -0.05) is 18.2 Å². The SMILES string of the molecule is C[C@H]1COCCN1c1cc(C2(S(=O)(=O)c3nccs3)CCC2)nc(-c2ccc(NC(=O)Oc3ccccc3)cc2)n1. The summed E-state index contributed by atoms with van der Waals surface area (Å²) < 4.78 is 37.6. The number of benzene rings is 2. The fraction of sp³-hybridized carbons (Fsp3) is 0.310. The third-order valence-corrected chi connectivity index (χ3v) is 11.2. The molecule has 3 heterocycles. The van der Waals surface area contributed by atoms with E-state index < -0.39 is 20.7 Å². The first kappa shape index (κ1) is 27.3. The molecule has 4 aromatic rings. The summed E-state index contributed by atoms with van der Waals surface area (Å²) in [6, 6.07) is 17.8. The number of amides is 1. The van der Waals surface area contributed by atoms with Crippen LogP contribution >= 0.6 is 11.3 Å². The molecule has 2 aliphatic rings. The lowest BCUT2D eigenvalue weighted by molar-refractivity contribution is 0.0985. The molecule has 1 aliphatic heterocycles. The van der Waals surface area contributed by atoms with Gasteiger partial charge in [0, 0.05) is 35.4 Å². The van der Waals surface area contributed by atoms with Gasteiger partial charge in [0.2, 0.25) is 14.2 Å². The van der Waals surface area contributed by atoms with Crippen molar-refractivity contribution < 1.29 is 22.7 Å². The number of carbonyl (C=O) groups is 1. The molecule has 212 valence electrons. The Hall–Kier alpha value is -3.87. The van der Waals surface area contributed by atoms with Crippen molar-refractivity contribution in [3.63, 3.8) is 0 Å². The molecule has 0 radical (unpaired) electrons. The molecule has 6 rings (SSSR count). The van der Waals surface area contributed by atoms with Gasteiger partial charge < -0.3 is 14.4 Å². The molecule has 41 heavy (non-hydrogen) atoms. The maximum absolute atomic E-state index is 13.9. The Morgan fingerprint density at radius 1 is 1.12 bits per heavy atom. The predicted octanol–water partition coefficient (Wildman–Crippen LogP) is 5.29. The van der Waals surface area contributed by atoms with Crippen molar-refractivity contribution in [2.75, 3.05) is 30.0 Å². The third-order valence-electron chi connectivity index (χ3n) is 7.50. The minimum Gasteiger partial charge on any atom is -0.410 e. The molecule has 10 nitrogen and oxygen atoms in total. The lowest BCUT2D eigenvalue weighted by Crippen LogP contribution is -2.46. The Morgan fingerprint density at radius 3 is 2.56 bits per heavy atom. The number of morpholine rings is 1. The van der Waals surface area contributed by atoms with Gasteiger partial charge in [-0.25, -0.2) is 28.2 Å². The second-order valence-corrected chi connectivity index (χ2v) is 13.4. The second-order valence-electron chi connectivity index (χ2n) is 10.1. The van der Waals surface area contributed by atoms with Crippen molar-refractivity contribution in [1.29, 1.82) is 0 Å². The molecule has 2 fully saturated rings. The largest absolute Gasteiger partial charge is 0.417 e. The highest BCUT2D eigenvalue weighted by molar-refractivity contribution is 7.94. The minimum absolute atomic E-state index is 0.0643. The highest BCUT2D eigenvalue weighted by Crippen LogP contribution is 2.51. The van der Waals surface area contributed by atoms with Crippen LogP contribution in [-0.2, 0) is 19.3 Å². The van der Waals surface area contributed by atoms with Crippen molar-refractivity contribution in [3.8, 4) is 17.1 Å². The Morgan fingerprint density at radius 2 is 1.90 bits per heavy atom. The first-order valence-corrected chi connectivity index (χ1v) is 15.7. The van der Waals surface area contributed by atoms with E-state index >= 15 is 0 Å². The highest BCUT2D eigenvalue weighted by atomic mass is 32.2. The van der Waals surface area contributed by atoms with Crippen molar-refractivity contribution in [2.24, 2.45) is 0 Å². The van der Waals surface area contributed by atoms with Gasteiger partial charge in [0.25, 0.3) is 0 Å². The number of nitrogens with one attached hydrogen (secondary N) is 1. The van der Waals surface area contributed by atoms with Crippen LogP contribution in [0.5, 0.6) is 5.75 Å². The van der Waals surface area contributed by atoms with Gasteiger partial charge in [0.15, 0.2) is 5.82 Å². The normalized spacial score (nSPS) is 18.4. The minimum atomic E-state index is -3.77. The first-order chi connectivity index (χ1) is 19.9. The summed E-state index contributed by atoms with van der Waals surface area (Å²) in [5.41, 5.74) is 1.71. The van der Waals surface area contributed by atoms with Crippen LogP contribution in [0, 0.1) is 0 Å². The van der Waals surface area contributed by atoms with E-state index in [1.54, 1.807) is 53.9 Å². The molecule has 0 unspecified atom stereocenters. The molecule has 0 bridgehead atoms. The van der Waals surface area contributed by atoms with Crippen molar-refractivity contribution in [2.45, 2.75) is 41.3 Å². The van der Waals surface area contributed by atoms with E-state index in [0.717, 1.165) is 17.8 Å². The van der Waals surface area contributed by atoms with Gasteiger partial charge >= 0.3 is 6.09 Å². The van der Waals surface area contributed by atoms with E-state index in [1.807, 2.05) is 12.1 Å². The van der Waals surface area contributed by atoms with Gasteiger partial charge in [-0.15, -0.1) is 11.3 Å². The number of nitrogens with zero attached hydrogens (tertiary/aromatic N) is 4. The summed E-state index contributed by atoms with van der Waals surface area (Å²) in [4.78, 5) is 28.4. The van der Waals surface area contributed by atoms with E-state index in [4.69, 9.17) is 19.4 Å². The zero-order valence-corrected chi connectivity index (χ0v) is 24.0. The number of hydrogen-bond acceptors (Lipinski definition) is 10. The number of anilines is 2. The topological polar surface area (TPSA) is 124 Å². The number of carbonyl (C=O) groups excluding carboxylic acids is 1.